The number of hydrogen-bond donors (Lipinski definition) is 2. The van der Waals surface area contributed by atoms with Crippen molar-refractivity contribution in [3.8, 4) is 89.8 Å². The Balaban J connectivity index is 0.000000153. The molecule has 10 aromatic heterocycles. The summed E-state index contributed by atoms with van der Waals surface area (Å²) < 4.78 is 24.3. The Kier molecular flexibility index (Phi) is 36.7. The number of rotatable bonds is 10. The number of benzene rings is 12. The van der Waals surface area contributed by atoms with Crippen molar-refractivity contribution in [1.29, 1.82) is 0 Å². The Morgan fingerprint density at radius 1 is 0.259 bits per heavy atom. The first kappa shape index (κ1) is 101. The van der Waals surface area contributed by atoms with Crippen LogP contribution in [-0.4, -0.2) is 51.7 Å². The number of hydrogen-bond acceptors (Lipinski definition) is 14. The fraction of sp³-hybridized carbons (Fsp3) is 0.0769. The number of nitrogens with zero attached hydrogens (tertiary/aromatic N) is 6. The van der Waals surface area contributed by atoms with Crippen molar-refractivity contribution in [2.45, 2.75) is 62.3 Å². The van der Waals surface area contributed by atoms with Gasteiger partial charge in [-0.1, -0.05) is 236 Å². The monoisotopic (exact) mass is 2480 g/mol. The molecule has 14 nitrogen and oxygen atoms in total. The minimum absolute atomic E-state index is 0. The van der Waals surface area contributed by atoms with Gasteiger partial charge in [-0.2, -0.15) is 0 Å². The number of pyridine rings is 6. The number of allylic oxidation sites excluding steroid dienone is 4. The third-order valence-corrected chi connectivity index (χ3v) is 20.8. The summed E-state index contributed by atoms with van der Waals surface area (Å²) in [5.41, 5.74) is 28.7. The molecule has 0 atom stereocenters. The maximum atomic E-state index is 10.0. The van der Waals surface area contributed by atoms with Crippen molar-refractivity contribution in [3.05, 3.63) is 447 Å². The van der Waals surface area contributed by atoms with Gasteiger partial charge < -0.3 is 57.8 Å². The zero-order valence-electron chi connectivity index (χ0n) is 75.1. The van der Waals surface area contributed by atoms with E-state index in [0.29, 0.717) is 0 Å². The number of furan rings is 4. The van der Waals surface area contributed by atoms with Crippen molar-refractivity contribution in [2.24, 2.45) is 0 Å². The molecule has 4 radical (unpaired) electrons. The van der Waals surface area contributed by atoms with Crippen LogP contribution in [0.5, 0.6) is 0 Å². The Morgan fingerprint density at radius 3 is 0.844 bits per heavy atom. The summed E-state index contributed by atoms with van der Waals surface area (Å²) in [6, 6.07) is 127. The molecule has 12 aromatic carbocycles. The largest absolute Gasteiger partial charge is 0.512 e. The van der Waals surface area contributed by atoms with Gasteiger partial charge in [0.25, 0.3) is 0 Å². The van der Waals surface area contributed by atoms with Gasteiger partial charge in [0.2, 0.25) is 0 Å². The summed E-state index contributed by atoms with van der Waals surface area (Å²) in [5.74, 6) is -0.125. The number of aliphatic hydroxyl groups excluding tert-OH is 2. The zero-order valence-corrected chi connectivity index (χ0v) is 84.7. The van der Waals surface area contributed by atoms with Crippen LogP contribution in [0.2, 0.25) is 0 Å². The number of carbonyl (C=O) groups excluding carboxylic acids is 2. The fourth-order valence-electron chi connectivity index (χ4n) is 14.7. The summed E-state index contributed by atoms with van der Waals surface area (Å²) in [5, 5.41) is 25.6. The summed E-state index contributed by atoms with van der Waals surface area (Å²) in [7, 11) is 0. The molecule has 0 bridgehead atoms. The summed E-state index contributed by atoms with van der Waals surface area (Å²) in [4.78, 5) is 46.7. The Morgan fingerprint density at radius 2 is 0.556 bits per heavy atom. The van der Waals surface area contributed by atoms with Gasteiger partial charge in [0.15, 0.2) is 11.6 Å². The second-order valence-electron chi connectivity index (χ2n) is 31.1. The van der Waals surface area contributed by atoms with E-state index in [2.05, 4.69) is 190 Å². The van der Waals surface area contributed by atoms with Crippen LogP contribution >= 0.6 is 0 Å². The van der Waals surface area contributed by atoms with Gasteiger partial charge in [-0.05, 0) is 178 Å². The number of aromatic nitrogens is 6. The molecule has 2 N–H and O–H groups in total. The molecule has 0 fully saturated rings. The van der Waals surface area contributed by atoms with Crippen LogP contribution in [0.1, 0.15) is 55.5 Å². The first-order valence-electron chi connectivity index (χ1n) is 42.6. The predicted molar refractivity (Wildman–Crippen MR) is 529 cm³/mol. The number of fused-ring (bicyclic) bond motifs is 12. The average Bonchev–Trinajstić information content (AvgIpc) is 1.64. The average molecular weight is 2480 g/mol. The molecule has 0 saturated carbocycles. The van der Waals surface area contributed by atoms with Gasteiger partial charge >= 0.3 is 0 Å². The number of para-hydroxylation sites is 4. The maximum Gasteiger partial charge on any atom is 0.155 e. The third kappa shape index (κ3) is 26.2. The minimum Gasteiger partial charge on any atom is -0.512 e. The number of aryl methyl sites for hydroxylation is 5. The molecular formula is C117H90Ir4N6O8-6. The first-order chi connectivity index (χ1) is 63.8. The van der Waals surface area contributed by atoms with Crippen LogP contribution < -0.4 is 0 Å². The summed E-state index contributed by atoms with van der Waals surface area (Å²) in [6.07, 6.45) is 13.4. The molecule has 678 valence electrons. The standard InChI is InChI=1S/C24H16NO.C23H14NO.2C18H12NO.2C12H10N.2C5H8O2.4Ir/c1-16-9-11-17(12-10-16)18-13-14-25-22(15-18)21-7-4-6-20-19-5-2-3-8-23(19)26-24(20)21;1-2-7-16(8-3-1)17-13-14-24-21(15-17)20-11-6-10-19-18-9-4-5-12-22(18)25-23(19)20;2*1-12-9-10-19-16(11-12)15-7-4-6-14-13-5-2-3-8-17(13)20-18(14)15;2*1-10-7-8-12(13-9-10)11-5-3-2-4-6-11;2*1-4(6)3-5(2)7;;;;/h2-6,8-15H,1H3;1-10,12-15H;2*2-6,8-11H,1H3;2*2-5,7-9H,1H3;2*3,6H,1-2H3;;;;/q6*-1;;;;;;. The van der Waals surface area contributed by atoms with E-state index in [1.165, 1.54) is 78.8 Å². The van der Waals surface area contributed by atoms with Crippen molar-refractivity contribution in [1.82, 2.24) is 29.9 Å². The van der Waals surface area contributed by atoms with Crippen LogP contribution in [-0.2, 0) is 90.0 Å². The number of carbonyl (C=O) groups is 2. The Labute approximate surface area is 838 Å². The van der Waals surface area contributed by atoms with E-state index >= 15 is 0 Å². The van der Waals surface area contributed by atoms with E-state index in [9.17, 15) is 9.59 Å². The van der Waals surface area contributed by atoms with Crippen LogP contribution in [0, 0.1) is 71.0 Å². The first-order valence-corrected chi connectivity index (χ1v) is 42.6. The van der Waals surface area contributed by atoms with E-state index < -0.39 is 0 Å². The van der Waals surface area contributed by atoms with E-state index in [1.54, 1.807) is 0 Å². The topological polar surface area (TPSA) is 204 Å². The minimum atomic E-state index is -0.125. The molecule has 22 aromatic rings. The summed E-state index contributed by atoms with van der Waals surface area (Å²) in [6.45, 7) is 16.0. The molecule has 22 rings (SSSR count). The predicted octanol–water partition coefficient (Wildman–Crippen LogP) is 29.8. The molecule has 135 heavy (non-hydrogen) atoms. The maximum absolute atomic E-state index is 10.0. The van der Waals surface area contributed by atoms with Crippen molar-refractivity contribution < 1.29 is 118 Å². The van der Waals surface area contributed by atoms with E-state index in [4.69, 9.17) is 27.9 Å². The SMILES string of the molecule is CC(=O)C=C(C)O.CC(=O)C=C(C)O.Cc1ccc(-c2[c-]cccc2)nc1.Cc1ccc(-c2[c-]cccc2)nc1.Cc1ccc(-c2ccnc(-c3[c-]ccc4c3oc3ccccc34)c2)cc1.Cc1ccnc(-c2[c-]ccc3c2oc2ccccc23)c1.Cc1ccnc(-c2[c-]ccc3c2oc2ccccc23)c1.[Ir].[Ir].[Ir].[Ir].[c-]1ccc2c(oc3ccccc32)c1-c1cc(-c2ccccc2)ccn1. The third-order valence-electron chi connectivity index (χ3n) is 20.8. The van der Waals surface area contributed by atoms with Gasteiger partial charge in [-0.25, -0.2) is 0 Å². The van der Waals surface area contributed by atoms with Crippen LogP contribution in [0.3, 0.4) is 0 Å². The quantitative estimate of drug-likeness (QED) is 0.0743. The molecule has 0 spiro atoms. The zero-order chi connectivity index (χ0) is 91.1. The molecule has 0 amide bonds. The molecule has 0 unspecified atom stereocenters. The molecule has 0 aliphatic rings. The molecule has 10 heterocycles. The Hall–Kier alpha value is -14.2. The van der Waals surface area contributed by atoms with Gasteiger partial charge in [0.1, 0.15) is 22.3 Å². The molecule has 0 aliphatic heterocycles. The van der Waals surface area contributed by atoms with E-state index in [0.717, 1.165) is 166 Å². The van der Waals surface area contributed by atoms with Crippen molar-refractivity contribution in [3.63, 3.8) is 0 Å². The second kappa shape index (κ2) is 48.9. The van der Waals surface area contributed by atoms with Crippen molar-refractivity contribution >= 4 is 99.3 Å². The normalized spacial score (nSPS) is 10.7. The molecule has 0 aliphatic carbocycles. The van der Waals surface area contributed by atoms with Gasteiger partial charge in [-0.3, -0.25) is 9.59 Å². The van der Waals surface area contributed by atoms with Crippen molar-refractivity contribution in [2.75, 3.05) is 0 Å². The Bertz CT molecular complexity index is 7500. The molecule has 18 heteroatoms. The van der Waals surface area contributed by atoms with Crippen LogP contribution in [0.4, 0.5) is 0 Å². The molecular weight excluding hydrogens is 2390 g/mol. The van der Waals surface area contributed by atoms with E-state index in [1.807, 2.05) is 269 Å². The van der Waals surface area contributed by atoms with Crippen LogP contribution in [0.15, 0.2) is 400 Å². The number of ketones is 2. The molecule has 0 saturated heterocycles. The second-order valence-corrected chi connectivity index (χ2v) is 31.1. The van der Waals surface area contributed by atoms with Gasteiger partial charge in [0.05, 0.1) is 33.9 Å². The van der Waals surface area contributed by atoms with Crippen LogP contribution in [0.25, 0.3) is 178 Å². The van der Waals surface area contributed by atoms with Gasteiger partial charge in [-0.15, -0.1) is 145 Å². The smallest absolute Gasteiger partial charge is 0.155 e. The van der Waals surface area contributed by atoms with E-state index in [-0.39, 0.29) is 104 Å². The fourth-order valence-corrected chi connectivity index (χ4v) is 14.7. The summed E-state index contributed by atoms with van der Waals surface area (Å²) >= 11 is 0. The number of aliphatic hydroxyl groups is 2. The van der Waals surface area contributed by atoms with Gasteiger partial charge in [0, 0.05) is 151 Å².